The van der Waals surface area contributed by atoms with E-state index >= 15 is 0 Å². The lowest BCUT2D eigenvalue weighted by Crippen LogP contribution is -2.05. The quantitative estimate of drug-likeness (QED) is 0.704. The number of ether oxygens (including phenoxy) is 1. The summed E-state index contributed by atoms with van der Waals surface area (Å²) in [5.74, 6) is 1.73. The molecule has 0 amide bonds. The Hall–Kier alpha value is -1.18. The van der Waals surface area contributed by atoms with Crippen molar-refractivity contribution in [3.63, 3.8) is 0 Å². The standard InChI is InChI=1S/C14H23NO/c1-4-16-14-10-6-5-9-13(14)15-11-7-8-12(2)3/h5-6,9-10,12,15H,4,7-8,11H2,1-3H3. The molecule has 0 unspecified atom stereocenters. The minimum atomic E-state index is 0.713. The van der Waals surface area contributed by atoms with Gasteiger partial charge in [-0.1, -0.05) is 26.0 Å². The fourth-order valence-electron chi connectivity index (χ4n) is 1.63. The first-order valence-corrected chi connectivity index (χ1v) is 6.19. The zero-order valence-electron chi connectivity index (χ0n) is 10.6. The van der Waals surface area contributed by atoms with E-state index in [1.54, 1.807) is 0 Å². The Bertz CT molecular complexity index is 297. The molecule has 16 heavy (non-hydrogen) atoms. The van der Waals surface area contributed by atoms with E-state index < -0.39 is 0 Å². The molecule has 0 aliphatic heterocycles. The van der Waals surface area contributed by atoms with Gasteiger partial charge in [-0.2, -0.15) is 0 Å². The van der Waals surface area contributed by atoms with Gasteiger partial charge < -0.3 is 10.1 Å². The molecule has 1 rings (SSSR count). The van der Waals surface area contributed by atoms with Gasteiger partial charge in [0.25, 0.3) is 0 Å². The van der Waals surface area contributed by atoms with Crippen LogP contribution in [0.1, 0.15) is 33.6 Å². The second kappa shape index (κ2) is 7.15. The minimum absolute atomic E-state index is 0.713. The van der Waals surface area contributed by atoms with Gasteiger partial charge in [-0.05, 0) is 37.8 Å². The second-order valence-electron chi connectivity index (χ2n) is 4.39. The zero-order chi connectivity index (χ0) is 11.8. The summed E-state index contributed by atoms with van der Waals surface area (Å²) < 4.78 is 5.55. The molecule has 0 fully saturated rings. The summed E-state index contributed by atoms with van der Waals surface area (Å²) in [5.41, 5.74) is 1.10. The van der Waals surface area contributed by atoms with Crippen molar-refractivity contribution >= 4 is 5.69 Å². The molecule has 0 atom stereocenters. The SMILES string of the molecule is CCOc1ccccc1NCCCC(C)C. The molecular weight excluding hydrogens is 198 g/mol. The molecule has 0 aromatic heterocycles. The molecule has 90 valence electrons. The summed E-state index contributed by atoms with van der Waals surface area (Å²) in [6, 6.07) is 8.12. The highest BCUT2D eigenvalue weighted by Gasteiger charge is 2.01. The lowest BCUT2D eigenvalue weighted by atomic mass is 10.1. The van der Waals surface area contributed by atoms with E-state index in [0.717, 1.165) is 23.9 Å². The second-order valence-corrected chi connectivity index (χ2v) is 4.39. The number of benzene rings is 1. The van der Waals surface area contributed by atoms with Crippen LogP contribution < -0.4 is 10.1 Å². The predicted molar refractivity (Wildman–Crippen MR) is 70.2 cm³/mol. The first kappa shape index (κ1) is 12.9. The lowest BCUT2D eigenvalue weighted by molar-refractivity contribution is 0.341. The molecule has 0 bridgehead atoms. The highest BCUT2D eigenvalue weighted by atomic mass is 16.5. The van der Waals surface area contributed by atoms with E-state index in [2.05, 4.69) is 25.2 Å². The lowest BCUT2D eigenvalue weighted by Gasteiger charge is -2.12. The molecule has 2 nitrogen and oxygen atoms in total. The van der Waals surface area contributed by atoms with Crippen LogP contribution in [0.15, 0.2) is 24.3 Å². The van der Waals surface area contributed by atoms with E-state index in [1.165, 1.54) is 12.8 Å². The van der Waals surface area contributed by atoms with Crippen LogP contribution in [-0.2, 0) is 0 Å². The normalized spacial score (nSPS) is 10.5. The van der Waals surface area contributed by atoms with Crippen LogP contribution in [-0.4, -0.2) is 13.2 Å². The van der Waals surface area contributed by atoms with Crippen LogP contribution >= 0.6 is 0 Å². The van der Waals surface area contributed by atoms with Crippen LogP contribution in [0.5, 0.6) is 5.75 Å². The Morgan fingerprint density at radius 2 is 2.00 bits per heavy atom. The maximum atomic E-state index is 5.55. The third-order valence-corrected chi connectivity index (χ3v) is 2.46. The number of hydrogen-bond donors (Lipinski definition) is 1. The van der Waals surface area contributed by atoms with Gasteiger partial charge in [0.1, 0.15) is 5.75 Å². The summed E-state index contributed by atoms with van der Waals surface area (Å²) >= 11 is 0. The molecule has 1 N–H and O–H groups in total. The fraction of sp³-hybridized carbons (Fsp3) is 0.571. The number of anilines is 1. The van der Waals surface area contributed by atoms with Gasteiger partial charge in [0.05, 0.1) is 12.3 Å². The van der Waals surface area contributed by atoms with Crippen LogP contribution in [0.3, 0.4) is 0 Å². The maximum absolute atomic E-state index is 5.55. The third kappa shape index (κ3) is 4.56. The van der Waals surface area contributed by atoms with Crippen molar-refractivity contribution in [1.82, 2.24) is 0 Å². The minimum Gasteiger partial charge on any atom is -0.492 e. The van der Waals surface area contributed by atoms with E-state index in [9.17, 15) is 0 Å². The predicted octanol–water partition coefficient (Wildman–Crippen LogP) is 3.93. The molecule has 1 aromatic carbocycles. The smallest absolute Gasteiger partial charge is 0.142 e. The fourth-order valence-corrected chi connectivity index (χ4v) is 1.63. The number of rotatable bonds is 7. The number of hydrogen-bond acceptors (Lipinski definition) is 2. The first-order chi connectivity index (χ1) is 7.74. The third-order valence-electron chi connectivity index (χ3n) is 2.46. The van der Waals surface area contributed by atoms with E-state index in [0.29, 0.717) is 6.61 Å². The van der Waals surface area contributed by atoms with Crippen molar-refractivity contribution in [1.29, 1.82) is 0 Å². The van der Waals surface area contributed by atoms with Crippen LogP contribution in [0.4, 0.5) is 5.69 Å². The van der Waals surface area contributed by atoms with Gasteiger partial charge in [-0.3, -0.25) is 0 Å². The molecule has 0 aliphatic rings. The van der Waals surface area contributed by atoms with Gasteiger partial charge in [-0.25, -0.2) is 0 Å². The summed E-state index contributed by atoms with van der Waals surface area (Å²) in [6.07, 6.45) is 2.47. The maximum Gasteiger partial charge on any atom is 0.142 e. The number of nitrogens with one attached hydrogen (secondary N) is 1. The van der Waals surface area contributed by atoms with Crippen LogP contribution in [0.25, 0.3) is 0 Å². The van der Waals surface area contributed by atoms with Crippen molar-refractivity contribution in [2.45, 2.75) is 33.6 Å². The van der Waals surface area contributed by atoms with Gasteiger partial charge >= 0.3 is 0 Å². The summed E-state index contributed by atoms with van der Waals surface area (Å²) in [6.45, 7) is 8.25. The van der Waals surface area contributed by atoms with Crippen molar-refractivity contribution in [2.75, 3.05) is 18.5 Å². The Balaban J connectivity index is 2.40. The molecular formula is C14H23NO. The largest absolute Gasteiger partial charge is 0.492 e. The van der Waals surface area contributed by atoms with Crippen molar-refractivity contribution in [3.05, 3.63) is 24.3 Å². The van der Waals surface area contributed by atoms with Crippen LogP contribution in [0, 0.1) is 5.92 Å². The number of para-hydroxylation sites is 2. The van der Waals surface area contributed by atoms with Crippen molar-refractivity contribution in [2.24, 2.45) is 5.92 Å². The molecule has 0 saturated carbocycles. The van der Waals surface area contributed by atoms with E-state index in [4.69, 9.17) is 4.74 Å². The van der Waals surface area contributed by atoms with E-state index in [-0.39, 0.29) is 0 Å². The van der Waals surface area contributed by atoms with Crippen molar-refractivity contribution < 1.29 is 4.74 Å². The Kier molecular flexibility index (Phi) is 5.76. The monoisotopic (exact) mass is 221 g/mol. The van der Waals surface area contributed by atoms with Gasteiger partial charge in [-0.15, -0.1) is 0 Å². The molecule has 0 spiro atoms. The summed E-state index contributed by atoms with van der Waals surface area (Å²) in [4.78, 5) is 0. The molecule has 0 radical (unpaired) electrons. The van der Waals surface area contributed by atoms with E-state index in [1.807, 2.05) is 25.1 Å². The zero-order valence-corrected chi connectivity index (χ0v) is 10.6. The average Bonchev–Trinajstić information content (AvgIpc) is 2.26. The van der Waals surface area contributed by atoms with Gasteiger partial charge in [0.15, 0.2) is 0 Å². The Morgan fingerprint density at radius 3 is 2.69 bits per heavy atom. The Morgan fingerprint density at radius 1 is 1.25 bits per heavy atom. The van der Waals surface area contributed by atoms with Crippen LogP contribution in [0.2, 0.25) is 0 Å². The highest BCUT2D eigenvalue weighted by molar-refractivity contribution is 5.56. The molecule has 2 heteroatoms. The Labute approximate surface area is 99.0 Å². The molecule has 0 saturated heterocycles. The first-order valence-electron chi connectivity index (χ1n) is 6.19. The summed E-state index contributed by atoms with van der Waals surface area (Å²) in [5, 5.41) is 3.43. The van der Waals surface area contributed by atoms with Crippen molar-refractivity contribution in [3.8, 4) is 5.75 Å². The average molecular weight is 221 g/mol. The summed E-state index contributed by atoms with van der Waals surface area (Å²) in [7, 11) is 0. The van der Waals surface area contributed by atoms with Gasteiger partial charge in [0.2, 0.25) is 0 Å². The highest BCUT2D eigenvalue weighted by Crippen LogP contribution is 2.23. The topological polar surface area (TPSA) is 21.3 Å². The molecule has 1 aromatic rings. The molecule has 0 aliphatic carbocycles. The molecule has 0 heterocycles. The van der Waals surface area contributed by atoms with Gasteiger partial charge in [0, 0.05) is 6.54 Å².